The zero-order valence-corrected chi connectivity index (χ0v) is 12.2. The molecule has 20 heavy (non-hydrogen) atoms. The lowest BCUT2D eigenvalue weighted by molar-refractivity contribution is -0.116. The molecule has 0 aliphatic carbocycles. The van der Waals surface area contributed by atoms with Crippen LogP contribution >= 0.6 is 11.6 Å². The van der Waals surface area contributed by atoms with Gasteiger partial charge in [0.1, 0.15) is 5.75 Å². The molecule has 0 spiro atoms. The largest absolute Gasteiger partial charge is 0.496 e. The van der Waals surface area contributed by atoms with E-state index in [9.17, 15) is 4.79 Å². The van der Waals surface area contributed by atoms with Gasteiger partial charge in [0.2, 0.25) is 5.91 Å². The van der Waals surface area contributed by atoms with E-state index in [0.29, 0.717) is 17.3 Å². The zero-order chi connectivity index (χ0) is 14.4. The number of carbonyl (C=O) groups excluding carboxylic acids is 1. The third-order valence-electron chi connectivity index (χ3n) is 3.13. The summed E-state index contributed by atoms with van der Waals surface area (Å²) >= 11 is 5.93. The Hall–Kier alpha value is -1.52. The lowest BCUT2D eigenvalue weighted by atomic mass is 10.2. The smallest absolute Gasteiger partial charge is 0.244 e. The first-order valence-electron chi connectivity index (χ1n) is 6.60. The van der Waals surface area contributed by atoms with Crippen molar-refractivity contribution in [2.75, 3.05) is 20.3 Å². The van der Waals surface area contributed by atoms with Gasteiger partial charge in [-0.05, 0) is 37.1 Å². The minimum atomic E-state index is -0.150. The van der Waals surface area contributed by atoms with Crippen molar-refractivity contribution in [3.63, 3.8) is 0 Å². The highest BCUT2D eigenvalue weighted by Crippen LogP contribution is 2.23. The molecule has 1 fully saturated rings. The number of benzene rings is 1. The number of amides is 1. The fourth-order valence-corrected chi connectivity index (χ4v) is 2.26. The van der Waals surface area contributed by atoms with Gasteiger partial charge in [0.05, 0.1) is 13.2 Å². The molecule has 1 aromatic rings. The molecule has 1 saturated heterocycles. The molecular formula is C15H18ClNO3. The van der Waals surface area contributed by atoms with E-state index >= 15 is 0 Å². The van der Waals surface area contributed by atoms with Gasteiger partial charge in [0.25, 0.3) is 0 Å². The monoisotopic (exact) mass is 295 g/mol. The van der Waals surface area contributed by atoms with Crippen LogP contribution in [0.25, 0.3) is 6.08 Å². The molecular weight excluding hydrogens is 278 g/mol. The van der Waals surface area contributed by atoms with E-state index in [4.69, 9.17) is 21.1 Å². The Morgan fingerprint density at radius 2 is 2.45 bits per heavy atom. The summed E-state index contributed by atoms with van der Waals surface area (Å²) in [5.41, 5.74) is 0.771. The molecule has 0 bridgehead atoms. The van der Waals surface area contributed by atoms with E-state index in [0.717, 1.165) is 25.0 Å². The molecule has 1 amide bonds. The molecule has 0 unspecified atom stereocenters. The average molecular weight is 296 g/mol. The molecule has 1 aliphatic heterocycles. The Bertz CT molecular complexity index is 496. The topological polar surface area (TPSA) is 47.6 Å². The number of hydrogen-bond donors (Lipinski definition) is 1. The number of methoxy groups -OCH3 is 1. The van der Waals surface area contributed by atoms with Crippen LogP contribution in [-0.4, -0.2) is 32.3 Å². The van der Waals surface area contributed by atoms with E-state index in [1.54, 1.807) is 31.4 Å². The quantitative estimate of drug-likeness (QED) is 0.850. The van der Waals surface area contributed by atoms with Crippen LogP contribution in [0, 0.1) is 0 Å². The first-order chi connectivity index (χ1) is 9.69. The SMILES string of the molecule is COc1ccc(Cl)cc1/C=C/C(=O)NC[C@@H]1CCCO1. The maximum absolute atomic E-state index is 11.7. The van der Waals surface area contributed by atoms with Crippen LogP contribution in [0.1, 0.15) is 18.4 Å². The van der Waals surface area contributed by atoms with E-state index in [2.05, 4.69) is 5.32 Å². The predicted molar refractivity (Wildman–Crippen MR) is 79.0 cm³/mol. The van der Waals surface area contributed by atoms with Gasteiger partial charge >= 0.3 is 0 Å². The Balaban J connectivity index is 1.90. The fourth-order valence-electron chi connectivity index (χ4n) is 2.08. The highest BCUT2D eigenvalue weighted by atomic mass is 35.5. The molecule has 108 valence electrons. The minimum Gasteiger partial charge on any atom is -0.496 e. The minimum absolute atomic E-state index is 0.146. The summed E-state index contributed by atoms with van der Waals surface area (Å²) in [6.45, 7) is 1.34. The molecule has 4 nitrogen and oxygen atoms in total. The van der Waals surface area contributed by atoms with Gasteiger partial charge in [-0.3, -0.25) is 4.79 Å². The van der Waals surface area contributed by atoms with E-state index in [-0.39, 0.29) is 12.0 Å². The van der Waals surface area contributed by atoms with Crippen molar-refractivity contribution in [2.24, 2.45) is 0 Å². The lowest BCUT2D eigenvalue weighted by Gasteiger charge is -2.09. The summed E-state index contributed by atoms with van der Waals surface area (Å²) in [5, 5.41) is 3.42. The van der Waals surface area contributed by atoms with Crippen LogP contribution in [0.4, 0.5) is 0 Å². The van der Waals surface area contributed by atoms with Crippen molar-refractivity contribution in [2.45, 2.75) is 18.9 Å². The Kier molecular flexibility index (Phi) is 5.44. The second kappa shape index (κ2) is 7.31. The van der Waals surface area contributed by atoms with Crippen LogP contribution < -0.4 is 10.1 Å². The zero-order valence-electron chi connectivity index (χ0n) is 11.4. The lowest BCUT2D eigenvalue weighted by Crippen LogP contribution is -2.30. The summed E-state index contributed by atoms with van der Waals surface area (Å²) < 4.78 is 10.7. The summed E-state index contributed by atoms with van der Waals surface area (Å²) in [5.74, 6) is 0.528. The third kappa shape index (κ3) is 4.25. The van der Waals surface area contributed by atoms with E-state index in [1.807, 2.05) is 0 Å². The normalized spacial score (nSPS) is 18.4. The number of ether oxygens (including phenoxy) is 2. The summed E-state index contributed by atoms with van der Waals surface area (Å²) in [6, 6.07) is 5.27. The first-order valence-corrected chi connectivity index (χ1v) is 6.98. The van der Waals surface area contributed by atoms with Crippen LogP contribution in [0.5, 0.6) is 5.75 Å². The van der Waals surface area contributed by atoms with Crippen molar-refractivity contribution in [1.82, 2.24) is 5.32 Å². The van der Waals surface area contributed by atoms with Gasteiger partial charge in [-0.1, -0.05) is 11.6 Å². The number of carbonyl (C=O) groups is 1. The second-order valence-corrected chi connectivity index (χ2v) is 5.04. The average Bonchev–Trinajstić information content (AvgIpc) is 2.96. The molecule has 5 heteroatoms. The molecule has 0 saturated carbocycles. The van der Waals surface area contributed by atoms with Gasteiger partial charge in [-0.15, -0.1) is 0 Å². The van der Waals surface area contributed by atoms with Gasteiger partial charge < -0.3 is 14.8 Å². The highest BCUT2D eigenvalue weighted by Gasteiger charge is 2.15. The number of halogens is 1. The Morgan fingerprint density at radius 1 is 1.60 bits per heavy atom. The van der Waals surface area contributed by atoms with Gasteiger partial charge in [0, 0.05) is 29.8 Å². The molecule has 1 atom stereocenters. The molecule has 0 aromatic heterocycles. The van der Waals surface area contributed by atoms with Crippen molar-refractivity contribution in [3.8, 4) is 5.75 Å². The number of hydrogen-bond acceptors (Lipinski definition) is 3. The molecule has 1 N–H and O–H groups in total. The van der Waals surface area contributed by atoms with Crippen LogP contribution in [0.3, 0.4) is 0 Å². The van der Waals surface area contributed by atoms with Gasteiger partial charge in [0.15, 0.2) is 0 Å². The van der Waals surface area contributed by atoms with Crippen molar-refractivity contribution < 1.29 is 14.3 Å². The molecule has 1 heterocycles. The second-order valence-electron chi connectivity index (χ2n) is 4.60. The predicted octanol–water partition coefficient (Wildman–Crippen LogP) is 2.66. The van der Waals surface area contributed by atoms with Gasteiger partial charge in [-0.2, -0.15) is 0 Å². The van der Waals surface area contributed by atoms with Crippen molar-refractivity contribution >= 4 is 23.6 Å². The fraction of sp³-hybridized carbons (Fsp3) is 0.400. The molecule has 0 radical (unpaired) electrons. The summed E-state index contributed by atoms with van der Waals surface area (Å²) in [6.07, 6.45) is 5.38. The highest BCUT2D eigenvalue weighted by molar-refractivity contribution is 6.30. The summed E-state index contributed by atoms with van der Waals surface area (Å²) in [7, 11) is 1.58. The molecule has 1 aliphatic rings. The summed E-state index contributed by atoms with van der Waals surface area (Å²) in [4.78, 5) is 11.7. The van der Waals surface area contributed by atoms with Crippen LogP contribution in [-0.2, 0) is 9.53 Å². The van der Waals surface area contributed by atoms with Crippen LogP contribution in [0.2, 0.25) is 5.02 Å². The first kappa shape index (κ1) is 14.9. The maximum Gasteiger partial charge on any atom is 0.244 e. The van der Waals surface area contributed by atoms with Crippen LogP contribution in [0.15, 0.2) is 24.3 Å². The maximum atomic E-state index is 11.7. The number of nitrogens with one attached hydrogen (secondary N) is 1. The van der Waals surface area contributed by atoms with Crippen molar-refractivity contribution in [1.29, 1.82) is 0 Å². The number of rotatable bonds is 5. The van der Waals surface area contributed by atoms with E-state index in [1.165, 1.54) is 6.08 Å². The third-order valence-corrected chi connectivity index (χ3v) is 3.37. The van der Waals surface area contributed by atoms with E-state index < -0.39 is 0 Å². The Morgan fingerprint density at radius 3 is 3.15 bits per heavy atom. The Labute approximate surface area is 123 Å². The van der Waals surface area contributed by atoms with Gasteiger partial charge in [-0.25, -0.2) is 0 Å². The molecule has 1 aromatic carbocycles. The molecule has 2 rings (SSSR count). The standard InChI is InChI=1S/C15H18ClNO3/c1-19-14-6-5-12(16)9-11(14)4-7-15(18)17-10-13-3-2-8-20-13/h4-7,9,13H,2-3,8,10H2,1H3,(H,17,18)/b7-4+/t13-/m0/s1. The van der Waals surface area contributed by atoms with Crippen molar-refractivity contribution in [3.05, 3.63) is 34.9 Å².